The van der Waals surface area contributed by atoms with Crippen molar-refractivity contribution in [3.8, 4) is 6.07 Å². The molecule has 0 atom stereocenters. The fourth-order valence-corrected chi connectivity index (χ4v) is 4.37. The Kier molecular flexibility index (Phi) is 6.70. The molecular formula is C20H23ClN4O2S. The zero-order valence-corrected chi connectivity index (χ0v) is 17.3. The van der Waals surface area contributed by atoms with Crippen LogP contribution in [-0.4, -0.2) is 51.4 Å². The molecule has 1 N–H and O–H groups in total. The van der Waals surface area contributed by atoms with Gasteiger partial charge in [0.05, 0.1) is 15.5 Å². The van der Waals surface area contributed by atoms with Crippen molar-refractivity contribution in [2.45, 2.75) is 18.0 Å². The Morgan fingerprint density at radius 1 is 1.07 bits per heavy atom. The zero-order valence-electron chi connectivity index (χ0n) is 15.7. The SMILES string of the molecule is CN1CCN(Cc2ccc(CNS(=O)(=O)c3ccc(C#N)c(Cl)c3)cc2)CC1. The fraction of sp³-hybridized carbons (Fsp3) is 0.350. The molecule has 6 nitrogen and oxygen atoms in total. The average Bonchev–Trinajstić information content (AvgIpc) is 2.69. The summed E-state index contributed by atoms with van der Waals surface area (Å²) in [5.74, 6) is 0. The lowest BCUT2D eigenvalue weighted by Gasteiger charge is -2.32. The van der Waals surface area contributed by atoms with Crippen molar-refractivity contribution in [3.05, 3.63) is 64.2 Å². The van der Waals surface area contributed by atoms with Gasteiger partial charge in [-0.2, -0.15) is 5.26 Å². The number of hydrogen-bond donors (Lipinski definition) is 1. The summed E-state index contributed by atoms with van der Waals surface area (Å²) < 4.78 is 27.5. The highest BCUT2D eigenvalue weighted by atomic mass is 35.5. The number of nitrogens with zero attached hydrogens (tertiary/aromatic N) is 3. The fourth-order valence-electron chi connectivity index (χ4n) is 3.04. The lowest BCUT2D eigenvalue weighted by molar-refractivity contribution is 0.148. The number of nitrogens with one attached hydrogen (secondary N) is 1. The molecule has 3 rings (SSSR count). The first-order valence-corrected chi connectivity index (χ1v) is 10.9. The number of benzene rings is 2. The summed E-state index contributed by atoms with van der Waals surface area (Å²) in [7, 11) is -1.56. The maximum absolute atomic E-state index is 12.5. The van der Waals surface area contributed by atoms with E-state index in [1.54, 1.807) is 0 Å². The van der Waals surface area contributed by atoms with Gasteiger partial charge in [-0.3, -0.25) is 4.90 Å². The van der Waals surface area contributed by atoms with Crippen LogP contribution in [0.25, 0.3) is 0 Å². The number of sulfonamides is 1. The van der Waals surface area contributed by atoms with Crippen LogP contribution in [-0.2, 0) is 23.1 Å². The third-order valence-electron chi connectivity index (χ3n) is 4.86. The Balaban J connectivity index is 1.58. The van der Waals surface area contributed by atoms with Crippen LogP contribution in [0.2, 0.25) is 5.02 Å². The average molecular weight is 419 g/mol. The second-order valence-corrected chi connectivity index (χ2v) is 9.15. The smallest absolute Gasteiger partial charge is 0.240 e. The van der Waals surface area contributed by atoms with Gasteiger partial charge in [-0.05, 0) is 36.4 Å². The van der Waals surface area contributed by atoms with Crippen molar-refractivity contribution in [2.24, 2.45) is 0 Å². The summed E-state index contributed by atoms with van der Waals surface area (Å²) in [4.78, 5) is 4.79. The largest absolute Gasteiger partial charge is 0.304 e. The van der Waals surface area contributed by atoms with Gasteiger partial charge >= 0.3 is 0 Å². The molecule has 1 saturated heterocycles. The number of nitriles is 1. The van der Waals surface area contributed by atoms with Crippen LogP contribution in [0.5, 0.6) is 0 Å². The van der Waals surface area contributed by atoms with Crippen molar-refractivity contribution in [2.75, 3.05) is 33.2 Å². The standard InChI is InChI=1S/C20H23ClN4O2S/c1-24-8-10-25(11-9-24)15-17-4-2-16(3-5-17)14-23-28(26,27)19-7-6-18(13-22)20(21)12-19/h2-7,12,23H,8-11,14-15H2,1H3. The van der Waals surface area contributed by atoms with Crippen LogP contribution in [0, 0.1) is 11.3 Å². The minimum absolute atomic E-state index is 0.0446. The van der Waals surface area contributed by atoms with Crippen LogP contribution in [0.3, 0.4) is 0 Å². The maximum atomic E-state index is 12.5. The summed E-state index contributed by atoms with van der Waals surface area (Å²) in [6.45, 7) is 5.38. The molecule has 28 heavy (non-hydrogen) atoms. The molecule has 0 aliphatic carbocycles. The van der Waals surface area contributed by atoms with Gasteiger partial charge in [-0.15, -0.1) is 0 Å². The van der Waals surface area contributed by atoms with E-state index in [1.165, 1.54) is 23.8 Å². The first kappa shape index (κ1) is 20.8. The minimum Gasteiger partial charge on any atom is -0.304 e. The molecule has 2 aromatic rings. The molecule has 1 aliphatic rings. The van der Waals surface area contributed by atoms with Gasteiger partial charge in [-0.1, -0.05) is 35.9 Å². The van der Waals surface area contributed by atoms with Crippen molar-refractivity contribution in [1.29, 1.82) is 5.26 Å². The van der Waals surface area contributed by atoms with Crippen molar-refractivity contribution >= 4 is 21.6 Å². The number of likely N-dealkylation sites (N-methyl/N-ethyl adjacent to an activating group) is 1. The Morgan fingerprint density at radius 3 is 2.32 bits per heavy atom. The third-order valence-corrected chi connectivity index (χ3v) is 6.57. The third kappa shape index (κ3) is 5.31. The summed E-state index contributed by atoms with van der Waals surface area (Å²) in [6.07, 6.45) is 0. The number of piperazine rings is 1. The molecule has 0 saturated carbocycles. The van der Waals surface area contributed by atoms with Crippen LogP contribution >= 0.6 is 11.6 Å². The Hall–Kier alpha value is -1.95. The summed E-state index contributed by atoms with van der Waals surface area (Å²) >= 11 is 5.94. The molecule has 0 spiro atoms. The normalized spacial score (nSPS) is 16.0. The van der Waals surface area contributed by atoms with Crippen LogP contribution in [0.4, 0.5) is 0 Å². The molecule has 8 heteroatoms. The molecule has 0 unspecified atom stereocenters. The topological polar surface area (TPSA) is 76.4 Å². The van der Waals surface area contributed by atoms with Gasteiger partial charge in [0.15, 0.2) is 0 Å². The van der Waals surface area contributed by atoms with E-state index in [9.17, 15) is 8.42 Å². The molecular weight excluding hydrogens is 396 g/mol. The van der Waals surface area contributed by atoms with Crippen molar-refractivity contribution in [3.63, 3.8) is 0 Å². The molecule has 0 radical (unpaired) electrons. The maximum Gasteiger partial charge on any atom is 0.240 e. The first-order valence-electron chi connectivity index (χ1n) is 9.05. The van der Waals surface area contributed by atoms with E-state index in [2.05, 4.69) is 21.6 Å². The summed E-state index contributed by atoms with van der Waals surface area (Å²) in [5, 5.41) is 9.02. The molecule has 1 heterocycles. The molecule has 148 valence electrons. The molecule has 1 fully saturated rings. The Morgan fingerprint density at radius 2 is 1.71 bits per heavy atom. The van der Waals surface area contributed by atoms with E-state index in [-0.39, 0.29) is 22.0 Å². The van der Waals surface area contributed by atoms with Gasteiger partial charge < -0.3 is 4.90 Å². The zero-order chi connectivity index (χ0) is 20.1. The molecule has 1 aliphatic heterocycles. The predicted octanol–water partition coefficient (Wildman–Crippen LogP) is 2.44. The van der Waals surface area contributed by atoms with Crippen LogP contribution in [0.15, 0.2) is 47.4 Å². The van der Waals surface area contributed by atoms with E-state index in [0.717, 1.165) is 38.3 Å². The minimum atomic E-state index is -3.70. The van der Waals surface area contributed by atoms with E-state index < -0.39 is 10.0 Å². The highest BCUT2D eigenvalue weighted by molar-refractivity contribution is 7.89. The van der Waals surface area contributed by atoms with Crippen LogP contribution < -0.4 is 4.72 Å². The molecule has 2 aromatic carbocycles. The van der Waals surface area contributed by atoms with Gasteiger partial charge in [-0.25, -0.2) is 13.1 Å². The van der Waals surface area contributed by atoms with E-state index >= 15 is 0 Å². The number of hydrogen-bond acceptors (Lipinski definition) is 5. The first-order chi connectivity index (χ1) is 13.4. The highest BCUT2D eigenvalue weighted by Crippen LogP contribution is 2.20. The van der Waals surface area contributed by atoms with Crippen LogP contribution in [0.1, 0.15) is 16.7 Å². The molecule has 0 bridgehead atoms. The monoisotopic (exact) mass is 418 g/mol. The van der Waals surface area contributed by atoms with E-state index in [0.29, 0.717) is 0 Å². The van der Waals surface area contributed by atoms with E-state index in [1.807, 2.05) is 30.3 Å². The van der Waals surface area contributed by atoms with Crippen molar-refractivity contribution in [1.82, 2.24) is 14.5 Å². The van der Waals surface area contributed by atoms with E-state index in [4.69, 9.17) is 16.9 Å². The second-order valence-electron chi connectivity index (χ2n) is 6.97. The molecule has 0 amide bonds. The van der Waals surface area contributed by atoms with Gasteiger partial charge in [0.1, 0.15) is 6.07 Å². The van der Waals surface area contributed by atoms with Gasteiger partial charge in [0, 0.05) is 39.3 Å². The lowest BCUT2D eigenvalue weighted by atomic mass is 10.1. The summed E-state index contributed by atoms with van der Waals surface area (Å²) in [6, 6.07) is 14.0. The van der Waals surface area contributed by atoms with Gasteiger partial charge in [0.2, 0.25) is 10.0 Å². The lowest BCUT2D eigenvalue weighted by Crippen LogP contribution is -2.43. The quantitative estimate of drug-likeness (QED) is 0.779. The Bertz CT molecular complexity index is 963. The highest BCUT2D eigenvalue weighted by Gasteiger charge is 2.16. The van der Waals surface area contributed by atoms with Crippen molar-refractivity contribution < 1.29 is 8.42 Å². The number of rotatable bonds is 6. The Labute approximate surface area is 171 Å². The van der Waals surface area contributed by atoms with Gasteiger partial charge in [0.25, 0.3) is 0 Å². The second kappa shape index (κ2) is 9.03. The predicted molar refractivity (Wildman–Crippen MR) is 109 cm³/mol. The number of halogens is 1. The molecule has 0 aromatic heterocycles. The summed E-state index contributed by atoms with van der Waals surface area (Å²) in [5.41, 5.74) is 2.34.